The van der Waals surface area contributed by atoms with Gasteiger partial charge < -0.3 is 5.43 Å². The van der Waals surface area contributed by atoms with E-state index in [0.717, 1.165) is 12.3 Å². The number of hydrazone groups is 1. The fraction of sp³-hybridized carbons (Fsp3) is 0.118. The Bertz CT molecular complexity index is 585. The van der Waals surface area contributed by atoms with Crippen LogP contribution in [-0.2, 0) is 0 Å². The van der Waals surface area contributed by atoms with Crippen molar-refractivity contribution in [2.75, 3.05) is 6.54 Å². The van der Waals surface area contributed by atoms with E-state index in [1.165, 1.54) is 11.1 Å². The minimum Gasteiger partial charge on any atom is -0.309 e. The fourth-order valence-electron chi connectivity index (χ4n) is 2.25. The van der Waals surface area contributed by atoms with E-state index < -0.39 is 0 Å². The zero-order valence-corrected chi connectivity index (χ0v) is 10.7. The third-order valence-corrected chi connectivity index (χ3v) is 3.25. The second kappa shape index (κ2) is 5.53. The van der Waals surface area contributed by atoms with Gasteiger partial charge in [0.25, 0.3) is 0 Å². The Labute approximate surface area is 113 Å². The summed E-state index contributed by atoms with van der Waals surface area (Å²) in [4.78, 5) is 0. The lowest BCUT2D eigenvalue weighted by Gasteiger charge is -2.06. The van der Waals surface area contributed by atoms with Gasteiger partial charge in [-0.05, 0) is 11.1 Å². The Balaban J connectivity index is 1.79. The van der Waals surface area contributed by atoms with Gasteiger partial charge in [0.2, 0.25) is 0 Å². The summed E-state index contributed by atoms with van der Waals surface area (Å²) in [6.07, 6.45) is 4.39. The number of hydrogen-bond donors (Lipinski definition) is 1. The van der Waals surface area contributed by atoms with Crippen molar-refractivity contribution in [3.05, 3.63) is 77.9 Å². The van der Waals surface area contributed by atoms with Gasteiger partial charge in [0.1, 0.15) is 0 Å². The molecule has 1 atom stereocenters. The van der Waals surface area contributed by atoms with Crippen molar-refractivity contribution in [1.29, 1.82) is 0 Å². The van der Waals surface area contributed by atoms with E-state index in [1.54, 1.807) is 0 Å². The van der Waals surface area contributed by atoms with Crippen LogP contribution in [0.15, 0.2) is 71.8 Å². The fourth-order valence-corrected chi connectivity index (χ4v) is 2.25. The molecule has 3 rings (SSSR count). The van der Waals surface area contributed by atoms with E-state index in [0.29, 0.717) is 5.92 Å². The molecule has 1 aliphatic rings. The topological polar surface area (TPSA) is 24.4 Å². The van der Waals surface area contributed by atoms with Gasteiger partial charge in [0, 0.05) is 12.5 Å². The Kier molecular flexibility index (Phi) is 3.41. The third kappa shape index (κ3) is 2.74. The first kappa shape index (κ1) is 11.7. The summed E-state index contributed by atoms with van der Waals surface area (Å²) in [5, 5.41) is 4.42. The average Bonchev–Trinajstić information content (AvgIpc) is 2.95. The van der Waals surface area contributed by atoms with E-state index in [2.05, 4.69) is 59.1 Å². The minimum absolute atomic E-state index is 0.336. The highest BCUT2D eigenvalue weighted by atomic mass is 15.3. The van der Waals surface area contributed by atoms with Gasteiger partial charge in [-0.2, -0.15) is 5.10 Å². The van der Waals surface area contributed by atoms with E-state index in [9.17, 15) is 0 Å². The second-order valence-electron chi connectivity index (χ2n) is 4.60. The minimum atomic E-state index is 0.336. The molecule has 0 spiro atoms. The van der Waals surface area contributed by atoms with E-state index >= 15 is 0 Å². The van der Waals surface area contributed by atoms with Crippen LogP contribution in [0.4, 0.5) is 0 Å². The molecule has 0 bridgehead atoms. The quantitative estimate of drug-likeness (QED) is 0.885. The van der Waals surface area contributed by atoms with E-state index in [-0.39, 0.29) is 0 Å². The molecule has 2 heteroatoms. The molecular weight excluding hydrogens is 232 g/mol. The van der Waals surface area contributed by atoms with Crippen molar-refractivity contribution in [3.63, 3.8) is 0 Å². The number of nitrogens with zero attached hydrogens (tertiary/aromatic N) is 1. The molecule has 0 saturated carbocycles. The van der Waals surface area contributed by atoms with Gasteiger partial charge in [-0.3, -0.25) is 0 Å². The molecule has 0 aliphatic carbocycles. The molecule has 1 N–H and O–H groups in total. The number of hydrogen-bond acceptors (Lipinski definition) is 2. The molecule has 19 heavy (non-hydrogen) atoms. The van der Waals surface area contributed by atoms with Crippen LogP contribution in [0.3, 0.4) is 0 Å². The molecule has 2 aromatic carbocycles. The van der Waals surface area contributed by atoms with Gasteiger partial charge in [-0.1, -0.05) is 72.8 Å². The monoisotopic (exact) mass is 248 g/mol. The van der Waals surface area contributed by atoms with Crippen molar-refractivity contribution in [3.8, 4) is 0 Å². The van der Waals surface area contributed by atoms with Gasteiger partial charge >= 0.3 is 0 Å². The van der Waals surface area contributed by atoms with Crippen LogP contribution in [0.1, 0.15) is 11.1 Å². The largest absolute Gasteiger partial charge is 0.309 e. The zero-order chi connectivity index (χ0) is 12.9. The highest BCUT2D eigenvalue weighted by molar-refractivity contribution is 6.04. The van der Waals surface area contributed by atoms with Gasteiger partial charge in [0.05, 0.1) is 5.71 Å². The first-order chi connectivity index (χ1) is 9.43. The average molecular weight is 248 g/mol. The van der Waals surface area contributed by atoms with Gasteiger partial charge in [-0.25, -0.2) is 0 Å². The first-order valence-electron chi connectivity index (χ1n) is 6.52. The van der Waals surface area contributed by atoms with Crippen molar-refractivity contribution < 1.29 is 0 Å². The third-order valence-electron chi connectivity index (χ3n) is 3.25. The maximum Gasteiger partial charge on any atom is 0.0762 e. The maximum atomic E-state index is 4.42. The normalized spacial score (nSPS) is 18.3. The molecule has 1 heterocycles. The SMILES string of the molecule is C(=CC1CNN=C1c1ccccc1)c1ccccc1. The van der Waals surface area contributed by atoms with Gasteiger partial charge in [-0.15, -0.1) is 0 Å². The molecule has 2 nitrogen and oxygen atoms in total. The Hall–Kier alpha value is -2.35. The Morgan fingerprint density at radius 3 is 2.37 bits per heavy atom. The second-order valence-corrected chi connectivity index (χ2v) is 4.60. The number of rotatable bonds is 3. The van der Waals surface area contributed by atoms with Crippen molar-refractivity contribution in [1.82, 2.24) is 5.43 Å². The molecule has 0 fully saturated rings. The predicted molar refractivity (Wildman–Crippen MR) is 79.9 cm³/mol. The van der Waals surface area contributed by atoms with Crippen LogP contribution in [0.2, 0.25) is 0 Å². The van der Waals surface area contributed by atoms with Crippen molar-refractivity contribution >= 4 is 11.8 Å². The predicted octanol–water partition coefficient (Wildman–Crippen LogP) is 3.32. The lowest BCUT2D eigenvalue weighted by Crippen LogP contribution is -2.13. The molecular formula is C17H16N2. The lowest BCUT2D eigenvalue weighted by molar-refractivity contribution is 0.750. The standard InChI is InChI=1S/C17H16N2/c1-3-7-14(8-4-1)11-12-16-13-18-19-17(16)15-9-5-2-6-10-15/h1-12,16,18H,13H2. The van der Waals surface area contributed by atoms with Crippen LogP contribution in [0, 0.1) is 5.92 Å². The summed E-state index contributed by atoms with van der Waals surface area (Å²) in [6.45, 7) is 0.869. The van der Waals surface area contributed by atoms with Crippen LogP contribution in [-0.4, -0.2) is 12.3 Å². The van der Waals surface area contributed by atoms with Crippen LogP contribution in [0.5, 0.6) is 0 Å². The zero-order valence-electron chi connectivity index (χ0n) is 10.7. The molecule has 1 aliphatic heterocycles. The van der Waals surface area contributed by atoms with Crippen molar-refractivity contribution in [2.45, 2.75) is 0 Å². The lowest BCUT2D eigenvalue weighted by atomic mass is 9.96. The summed E-state index contributed by atoms with van der Waals surface area (Å²) in [5.74, 6) is 0.336. The molecule has 0 radical (unpaired) electrons. The molecule has 1 unspecified atom stereocenters. The highest BCUT2D eigenvalue weighted by Gasteiger charge is 2.19. The number of benzene rings is 2. The molecule has 0 aromatic heterocycles. The summed E-state index contributed by atoms with van der Waals surface area (Å²) < 4.78 is 0. The maximum absolute atomic E-state index is 4.42. The molecule has 0 amide bonds. The van der Waals surface area contributed by atoms with E-state index in [1.807, 2.05) is 24.3 Å². The summed E-state index contributed by atoms with van der Waals surface area (Å²) in [7, 11) is 0. The smallest absolute Gasteiger partial charge is 0.0762 e. The Morgan fingerprint density at radius 1 is 0.947 bits per heavy atom. The summed E-state index contributed by atoms with van der Waals surface area (Å²) in [6, 6.07) is 20.7. The number of nitrogens with one attached hydrogen (secondary N) is 1. The van der Waals surface area contributed by atoms with Crippen LogP contribution in [0.25, 0.3) is 6.08 Å². The molecule has 2 aromatic rings. The first-order valence-corrected chi connectivity index (χ1v) is 6.52. The summed E-state index contributed by atoms with van der Waals surface area (Å²) in [5.41, 5.74) is 6.63. The summed E-state index contributed by atoms with van der Waals surface area (Å²) >= 11 is 0. The van der Waals surface area contributed by atoms with Gasteiger partial charge in [0.15, 0.2) is 0 Å². The van der Waals surface area contributed by atoms with Crippen LogP contribution < -0.4 is 5.43 Å². The molecule has 94 valence electrons. The van der Waals surface area contributed by atoms with E-state index in [4.69, 9.17) is 0 Å². The highest BCUT2D eigenvalue weighted by Crippen LogP contribution is 2.16. The van der Waals surface area contributed by atoms with Crippen molar-refractivity contribution in [2.24, 2.45) is 11.0 Å². The van der Waals surface area contributed by atoms with Crippen LogP contribution >= 0.6 is 0 Å². The Morgan fingerprint density at radius 2 is 1.63 bits per heavy atom. The molecule has 0 saturated heterocycles.